The Balaban J connectivity index is 1.91. The standard InChI is InChI=1S/C20H27N3O3/c1-3-4-6-9-16(2)21-20(25)18-12-13-19(24)23(22-18)14-15-26-17-10-7-5-8-11-17/h5,7-8,10-13,16H,3-4,6,9,14-15H2,1-2H3,(H,21,25). The van der Waals surface area contributed by atoms with Gasteiger partial charge in [-0.1, -0.05) is 44.4 Å². The first-order valence-electron chi connectivity index (χ1n) is 9.17. The Kier molecular flexibility index (Phi) is 7.86. The van der Waals surface area contributed by atoms with Crippen LogP contribution in [0.15, 0.2) is 47.3 Å². The molecule has 0 aliphatic rings. The lowest BCUT2D eigenvalue weighted by molar-refractivity contribution is 0.0929. The first-order chi connectivity index (χ1) is 12.6. The molecular formula is C20H27N3O3. The highest BCUT2D eigenvalue weighted by Gasteiger charge is 2.12. The molecule has 1 amide bonds. The highest BCUT2D eigenvalue weighted by atomic mass is 16.5. The average Bonchev–Trinajstić information content (AvgIpc) is 2.64. The van der Waals surface area contributed by atoms with Crippen molar-refractivity contribution in [3.8, 4) is 5.75 Å². The lowest BCUT2D eigenvalue weighted by atomic mass is 10.1. The molecule has 1 aromatic carbocycles. The number of carbonyl (C=O) groups excluding carboxylic acids is 1. The second kappa shape index (κ2) is 10.4. The van der Waals surface area contributed by atoms with Gasteiger partial charge in [0.05, 0.1) is 6.54 Å². The minimum absolute atomic E-state index is 0.0812. The highest BCUT2D eigenvalue weighted by Crippen LogP contribution is 2.08. The number of nitrogens with zero attached hydrogens (tertiary/aromatic N) is 2. The van der Waals surface area contributed by atoms with E-state index in [-0.39, 0.29) is 29.7 Å². The Morgan fingerprint density at radius 3 is 2.69 bits per heavy atom. The second-order valence-electron chi connectivity index (χ2n) is 6.31. The van der Waals surface area contributed by atoms with Gasteiger partial charge in [-0.05, 0) is 31.5 Å². The van der Waals surface area contributed by atoms with Gasteiger partial charge in [0.2, 0.25) is 0 Å². The highest BCUT2D eigenvalue weighted by molar-refractivity contribution is 5.92. The number of hydrogen-bond acceptors (Lipinski definition) is 4. The SMILES string of the molecule is CCCCCC(C)NC(=O)c1ccc(=O)n(CCOc2ccccc2)n1. The summed E-state index contributed by atoms with van der Waals surface area (Å²) >= 11 is 0. The maximum absolute atomic E-state index is 12.3. The Morgan fingerprint density at radius 1 is 1.19 bits per heavy atom. The quantitative estimate of drug-likeness (QED) is 0.664. The third-order valence-electron chi connectivity index (χ3n) is 4.03. The number of carbonyl (C=O) groups is 1. The van der Waals surface area contributed by atoms with Crippen LogP contribution in [0.3, 0.4) is 0 Å². The molecule has 1 heterocycles. The van der Waals surface area contributed by atoms with Gasteiger partial charge >= 0.3 is 0 Å². The zero-order valence-electron chi connectivity index (χ0n) is 15.5. The van der Waals surface area contributed by atoms with Gasteiger partial charge in [0, 0.05) is 12.1 Å². The predicted molar refractivity (Wildman–Crippen MR) is 102 cm³/mol. The summed E-state index contributed by atoms with van der Waals surface area (Å²) in [5.41, 5.74) is -0.0131. The maximum atomic E-state index is 12.3. The van der Waals surface area contributed by atoms with Crippen LogP contribution in [-0.2, 0) is 6.54 Å². The maximum Gasteiger partial charge on any atom is 0.271 e. The average molecular weight is 357 g/mol. The van der Waals surface area contributed by atoms with Crippen molar-refractivity contribution in [3.63, 3.8) is 0 Å². The lowest BCUT2D eigenvalue weighted by Gasteiger charge is -2.14. The van der Waals surface area contributed by atoms with Crippen LogP contribution in [0.1, 0.15) is 50.0 Å². The van der Waals surface area contributed by atoms with Crippen LogP contribution in [0, 0.1) is 0 Å². The second-order valence-corrected chi connectivity index (χ2v) is 6.31. The zero-order valence-corrected chi connectivity index (χ0v) is 15.5. The summed E-state index contributed by atoms with van der Waals surface area (Å²) in [7, 11) is 0. The number of nitrogens with one attached hydrogen (secondary N) is 1. The molecule has 2 aromatic rings. The summed E-state index contributed by atoms with van der Waals surface area (Å²) in [4.78, 5) is 24.3. The fraction of sp³-hybridized carbons (Fsp3) is 0.450. The van der Waals surface area contributed by atoms with E-state index in [1.54, 1.807) is 0 Å². The summed E-state index contributed by atoms with van der Waals surface area (Å²) < 4.78 is 6.85. The van der Waals surface area contributed by atoms with E-state index in [2.05, 4.69) is 17.3 Å². The van der Waals surface area contributed by atoms with Gasteiger partial charge in [-0.3, -0.25) is 9.59 Å². The number of amides is 1. The fourth-order valence-corrected chi connectivity index (χ4v) is 2.57. The molecule has 0 saturated heterocycles. The zero-order chi connectivity index (χ0) is 18.8. The number of aromatic nitrogens is 2. The van der Waals surface area contributed by atoms with E-state index in [1.165, 1.54) is 16.8 Å². The van der Waals surface area contributed by atoms with E-state index in [1.807, 2.05) is 37.3 Å². The van der Waals surface area contributed by atoms with Gasteiger partial charge in [0.15, 0.2) is 0 Å². The summed E-state index contributed by atoms with van der Waals surface area (Å²) in [5.74, 6) is 0.474. The van der Waals surface area contributed by atoms with Gasteiger partial charge in [0.25, 0.3) is 11.5 Å². The minimum atomic E-state index is -0.258. The van der Waals surface area contributed by atoms with Crippen molar-refractivity contribution >= 4 is 5.91 Å². The van der Waals surface area contributed by atoms with Crippen LogP contribution in [0.25, 0.3) is 0 Å². The molecule has 2 rings (SSSR count). The molecule has 1 N–H and O–H groups in total. The molecule has 0 saturated carbocycles. The molecule has 0 bridgehead atoms. The summed E-state index contributed by atoms with van der Waals surface area (Å²) in [5, 5.41) is 7.10. The first-order valence-corrected chi connectivity index (χ1v) is 9.17. The van der Waals surface area contributed by atoms with Gasteiger partial charge in [-0.15, -0.1) is 0 Å². The third-order valence-corrected chi connectivity index (χ3v) is 4.03. The molecule has 1 atom stereocenters. The number of para-hydroxylation sites is 1. The smallest absolute Gasteiger partial charge is 0.271 e. The van der Waals surface area contributed by atoms with Crippen molar-refractivity contribution in [2.75, 3.05) is 6.61 Å². The van der Waals surface area contributed by atoms with Gasteiger partial charge in [0.1, 0.15) is 18.1 Å². The first kappa shape index (κ1) is 19.7. The summed E-state index contributed by atoms with van der Waals surface area (Å²) in [6.07, 6.45) is 4.33. The van der Waals surface area contributed by atoms with Crippen molar-refractivity contribution in [1.29, 1.82) is 0 Å². The van der Waals surface area contributed by atoms with Crippen molar-refractivity contribution in [2.24, 2.45) is 0 Å². The van der Waals surface area contributed by atoms with Gasteiger partial charge < -0.3 is 10.1 Å². The number of rotatable bonds is 10. The van der Waals surface area contributed by atoms with Crippen LogP contribution < -0.4 is 15.6 Å². The van der Waals surface area contributed by atoms with E-state index in [0.717, 1.165) is 31.4 Å². The molecule has 140 valence electrons. The molecule has 6 nitrogen and oxygen atoms in total. The number of ether oxygens (including phenoxy) is 1. The Bertz CT molecular complexity index is 743. The Hall–Kier alpha value is -2.63. The summed E-state index contributed by atoms with van der Waals surface area (Å²) in [6, 6.07) is 12.3. The van der Waals surface area contributed by atoms with E-state index in [9.17, 15) is 9.59 Å². The van der Waals surface area contributed by atoms with Gasteiger partial charge in [-0.2, -0.15) is 5.10 Å². The number of benzene rings is 1. The molecule has 0 radical (unpaired) electrons. The Morgan fingerprint density at radius 2 is 1.96 bits per heavy atom. The molecule has 0 aliphatic carbocycles. The molecule has 1 aromatic heterocycles. The van der Waals surface area contributed by atoms with Crippen LogP contribution in [0.5, 0.6) is 5.75 Å². The number of unbranched alkanes of at least 4 members (excludes halogenated alkanes) is 2. The van der Waals surface area contributed by atoms with Crippen LogP contribution in [0.4, 0.5) is 0 Å². The van der Waals surface area contributed by atoms with E-state index >= 15 is 0 Å². The van der Waals surface area contributed by atoms with E-state index in [4.69, 9.17) is 4.74 Å². The molecule has 0 aliphatic heterocycles. The lowest BCUT2D eigenvalue weighted by Crippen LogP contribution is -2.35. The van der Waals surface area contributed by atoms with Crippen molar-refractivity contribution < 1.29 is 9.53 Å². The molecule has 0 fully saturated rings. The van der Waals surface area contributed by atoms with Gasteiger partial charge in [-0.25, -0.2) is 4.68 Å². The van der Waals surface area contributed by atoms with E-state index in [0.29, 0.717) is 6.61 Å². The molecular weight excluding hydrogens is 330 g/mol. The molecule has 6 heteroatoms. The van der Waals surface area contributed by atoms with E-state index < -0.39 is 0 Å². The predicted octanol–water partition coefficient (Wildman–Crippen LogP) is 3.02. The van der Waals surface area contributed by atoms with Crippen molar-refractivity contribution in [1.82, 2.24) is 15.1 Å². The number of hydrogen-bond donors (Lipinski definition) is 1. The van der Waals surface area contributed by atoms with Crippen LogP contribution in [0.2, 0.25) is 0 Å². The molecule has 1 unspecified atom stereocenters. The van der Waals surface area contributed by atoms with Crippen LogP contribution >= 0.6 is 0 Å². The van der Waals surface area contributed by atoms with Crippen LogP contribution in [-0.4, -0.2) is 28.3 Å². The summed E-state index contributed by atoms with van der Waals surface area (Å²) in [6.45, 7) is 4.71. The molecule has 0 spiro atoms. The minimum Gasteiger partial charge on any atom is -0.492 e. The Labute approximate surface area is 154 Å². The normalized spacial score (nSPS) is 11.8. The largest absolute Gasteiger partial charge is 0.492 e. The topological polar surface area (TPSA) is 73.2 Å². The van der Waals surface area contributed by atoms with Crippen molar-refractivity contribution in [2.45, 2.75) is 52.1 Å². The monoisotopic (exact) mass is 357 g/mol. The fourth-order valence-electron chi connectivity index (χ4n) is 2.57. The third kappa shape index (κ3) is 6.35. The van der Waals surface area contributed by atoms with Crippen molar-refractivity contribution in [3.05, 3.63) is 58.5 Å². The molecule has 26 heavy (non-hydrogen) atoms.